The van der Waals surface area contributed by atoms with Crippen molar-refractivity contribution < 1.29 is 112 Å². The lowest BCUT2D eigenvalue weighted by Gasteiger charge is -2.29. The maximum absolute atomic E-state index is 15.3. The molecule has 0 unspecified atom stereocenters. The molecule has 2 heterocycles. The van der Waals surface area contributed by atoms with E-state index in [1.54, 1.807) is 99.8 Å². The van der Waals surface area contributed by atoms with Crippen molar-refractivity contribution in [3.05, 3.63) is 125 Å². The summed E-state index contributed by atoms with van der Waals surface area (Å²) in [5.74, 6) is -9.46. The Morgan fingerprint density at radius 2 is 0.934 bits per heavy atom. The first-order valence-electron chi connectivity index (χ1n) is 46.6. The maximum Gasteiger partial charge on any atom is 0.488 e. The summed E-state index contributed by atoms with van der Waals surface area (Å²) in [7, 11) is 0.108. The van der Waals surface area contributed by atoms with Crippen LogP contribution in [0.15, 0.2) is 113 Å². The van der Waals surface area contributed by atoms with E-state index in [1.165, 1.54) is 31.2 Å². The number of carboxylic acid groups (broad SMARTS) is 1. The van der Waals surface area contributed by atoms with Gasteiger partial charge < -0.3 is 151 Å². The minimum absolute atomic E-state index is 0.0204. The molecule has 4 aromatic carbocycles. The molecule has 0 saturated carbocycles. The SMILES string of the molecule is CC(C)C[C@H](NC(=O)[C@H](CCCCN(C)Cc1ccccc1B(O)O)NC(=O)[C@H](CCCN=C(N)N)NC(=O)[C@@H](NC(=O)[C@H](CCCN=C(N)N)NC(=O)CCOCCOCCOCCOCCNC(=O)CCCC[C@@H]1SC[C@@H]2NC(=O)N[C@@H]21)[C@@H](C)O)C(=O)N[C@@H](CCCCN(C)Cc1ccccc1B(O)O)C(=O)N[C@@H](Cc1ccccc1)C(=O)NCC(=O)N[C@@H](Cc1ccc(O)cc1)C(=O)O. The van der Waals surface area contributed by atoms with E-state index in [4.69, 9.17) is 41.9 Å². The van der Waals surface area contributed by atoms with Gasteiger partial charge >= 0.3 is 26.2 Å². The molecular weight excluding hydrogens is 1790 g/mol. The molecule has 0 bridgehead atoms. The van der Waals surface area contributed by atoms with Crippen molar-refractivity contribution in [1.29, 1.82) is 0 Å². The number of aliphatic imine (C=N–C) groups is 2. The van der Waals surface area contributed by atoms with Crippen LogP contribution < -0.4 is 97.7 Å². The number of phenolic OH excluding ortho intramolecular Hbond substituents is 1. The quantitative estimate of drug-likeness (QED) is 0.00660. The van der Waals surface area contributed by atoms with E-state index in [9.17, 15) is 73.8 Å². The van der Waals surface area contributed by atoms with Crippen molar-refractivity contribution in [1.82, 2.24) is 73.6 Å². The number of urea groups is 1. The molecule has 2 aliphatic rings. The first-order valence-corrected chi connectivity index (χ1v) is 47.6. The van der Waals surface area contributed by atoms with Gasteiger partial charge in [-0.25, -0.2) is 9.59 Å². The number of aromatic hydroxyl groups is 1. The molecule has 756 valence electrons. The number of nitrogens with two attached hydrogens (primary N) is 4. The normalized spacial score (nSPS) is 15.7. The first-order chi connectivity index (χ1) is 65.5. The molecule has 43 nitrogen and oxygen atoms in total. The molecule has 137 heavy (non-hydrogen) atoms. The summed E-state index contributed by atoms with van der Waals surface area (Å²) in [6, 6.07) is 15.9. The minimum Gasteiger partial charge on any atom is -0.508 e. The Morgan fingerprint density at radius 1 is 0.482 bits per heavy atom. The van der Waals surface area contributed by atoms with E-state index in [-0.39, 0.29) is 184 Å². The van der Waals surface area contributed by atoms with Crippen molar-refractivity contribution in [2.45, 2.75) is 221 Å². The number of ether oxygens (including phenoxy) is 4. The van der Waals surface area contributed by atoms with E-state index in [2.05, 4.69) is 73.8 Å². The number of thioether (sulfide) groups is 1. The van der Waals surface area contributed by atoms with Gasteiger partial charge in [-0.05, 0) is 169 Å². The van der Waals surface area contributed by atoms with Gasteiger partial charge in [0.15, 0.2) is 11.9 Å². The number of carbonyl (C=O) groups excluding carboxylic acids is 11. The number of hydrogen-bond donors (Lipinski definition) is 23. The molecule has 2 saturated heterocycles. The first kappa shape index (κ1) is 114. The van der Waals surface area contributed by atoms with Gasteiger partial charge in [-0.3, -0.25) is 57.9 Å². The average molecular weight is 1940 g/mol. The Balaban J connectivity index is 1.14. The molecule has 6 rings (SSSR count). The van der Waals surface area contributed by atoms with E-state index in [1.807, 2.05) is 28.6 Å². The molecule has 0 radical (unpaired) electrons. The van der Waals surface area contributed by atoms with Gasteiger partial charge in [0.05, 0.1) is 77.6 Å². The highest BCUT2D eigenvalue weighted by molar-refractivity contribution is 8.00. The smallest absolute Gasteiger partial charge is 0.488 e. The van der Waals surface area contributed by atoms with E-state index in [0.29, 0.717) is 97.1 Å². The molecule has 0 aromatic heterocycles. The number of aliphatic hydroxyl groups excluding tert-OH is 1. The number of nitrogens with zero attached hydrogens (tertiary/aromatic N) is 4. The fraction of sp³-hybridized carbons (Fsp3) is 0.582. The van der Waals surface area contributed by atoms with Gasteiger partial charge in [0.25, 0.3) is 0 Å². The third-order valence-corrected chi connectivity index (χ3v) is 24.1. The summed E-state index contributed by atoms with van der Waals surface area (Å²) in [6.45, 7) is 7.21. The molecule has 2 aliphatic heterocycles. The Morgan fingerprint density at radius 3 is 1.45 bits per heavy atom. The van der Waals surface area contributed by atoms with Crippen LogP contribution in [0.5, 0.6) is 5.75 Å². The predicted octanol–water partition coefficient (Wildman–Crippen LogP) is -3.95. The Hall–Kier alpha value is -11.3. The lowest BCUT2D eigenvalue weighted by atomic mass is 9.77. The lowest BCUT2D eigenvalue weighted by molar-refractivity contribution is -0.141. The Bertz CT molecular complexity index is 4470. The number of nitrogens with one attached hydrogen (secondary N) is 12. The van der Waals surface area contributed by atoms with Gasteiger partial charge in [-0.15, -0.1) is 0 Å². The number of fused-ring (bicyclic) bond motifs is 1. The molecule has 0 aliphatic carbocycles. The van der Waals surface area contributed by atoms with Crippen molar-refractivity contribution in [3.63, 3.8) is 0 Å². The van der Waals surface area contributed by atoms with Crippen LogP contribution in [0.4, 0.5) is 4.79 Å². The highest BCUT2D eigenvalue weighted by Crippen LogP contribution is 2.33. The van der Waals surface area contributed by atoms with Crippen molar-refractivity contribution in [3.8, 4) is 5.75 Å². The molecular formula is C91H142B2N20O23S. The van der Waals surface area contributed by atoms with E-state index >= 15 is 19.2 Å². The number of unbranched alkanes of at least 4 members (excludes halogenated alkanes) is 3. The largest absolute Gasteiger partial charge is 0.508 e. The Labute approximate surface area is 804 Å². The summed E-state index contributed by atoms with van der Waals surface area (Å²) in [5.41, 5.74) is 25.5. The van der Waals surface area contributed by atoms with Gasteiger partial charge in [0, 0.05) is 69.4 Å². The van der Waals surface area contributed by atoms with Gasteiger partial charge in [0.2, 0.25) is 59.1 Å². The van der Waals surface area contributed by atoms with Gasteiger partial charge in [-0.1, -0.05) is 111 Å². The second-order valence-electron chi connectivity index (χ2n) is 34.4. The van der Waals surface area contributed by atoms with Gasteiger partial charge in [0.1, 0.15) is 54.1 Å². The summed E-state index contributed by atoms with van der Waals surface area (Å²) in [5, 5.41) is 105. The zero-order chi connectivity index (χ0) is 100. The zero-order valence-corrected chi connectivity index (χ0v) is 79.7. The molecule has 2 fully saturated rings. The Kier molecular flexibility index (Phi) is 52.8. The number of benzene rings is 4. The van der Waals surface area contributed by atoms with Crippen LogP contribution in [0.25, 0.3) is 0 Å². The summed E-state index contributed by atoms with van der Waals surface area (Å²) in [4.78, 5) is 180. The van der Waals surface area contributed by atoms with Crippen molar-refractivity contribution >= 4 is 120 Å². The molecule has 12 amide bonds. The molecule has 0 spiro atoms. The number of carbonyl (C=O) groups is 12. The number of aliphatic carboxylic acids is 1. The topological polar surface area (TPSA) is 663 Å². The number of hydrogen-bond acceptors (Lipinski definition) is 27. The van der Waals surface area contributed by atoms with Crippen LogP contribution in [-0.2, 0) is 97.6 Å². The molecule has 46 heteroatoms. The fourth-order valence-electron chi connectivity index (χ4n) is 15.3. The van der Waals surface area contributed by atoms with Crippen LogP contribution >= 0.6 is 11.8 Å². The highest BCUT2D eigenvalue weighted by Gasteiger charge is 2.43. The third kappa shape index (κ3) is 45.2. The monoisotopic (exact) mass is 1940 g/mol. The highest BCUT2D eigenvalue weighted by atomic mass is 32.2. The van der Waals surface area contributed by atoms with Crippen molar-refractivity contribution in [2.75, 3.05) is 112 Å². The number of guanidine groups is 2. The van der Waals surface area contributed by atoms with Crippen LogP contribution in [0.1, 0.15) is 146 Å². The van der Waals surface area contributed by atoms with Gasteiger partial charge in [-0.2, -0.15) is 11.8 Å². The second kappa shape index (κ2) is 63.2. The number of amides is 12. The maximum atomic E-state index is 15.3. The van der Waals surface area contributed by atoms with E-state index in [0.717, 1.165) is 25.0 Å². The average Bonchev–Trinajstić information content (AvgIpc) is 1.66. The number of aliphatic hydroxyl groups is 1. The molecule has 4 aromatic rings. The van der Waals surface area contributed by atoms with Crippen LogP contribution in [0.2, 0.25) is 0 Å². The van der Waals surface area contributed by atoms with Crippen LogP contribution in [0.3, 0.4) is 0 Å². The van der Waals surface area contributed by atoms with E-state index < -0.39 is 134 Å². The fourth-order valence-corrected chi connectivity index (χ4v) is 16.9. The van der Waals surface area contributed by atoms with Crippen LogP contribution in [0, 0.1) is 5.92 Å². The third-order valence-electron chi connectivity index (χ3n) is 22.5. The number of carboxylic acids is 1. The van der Waals surface area contributed by atoms with Crippen molar-refractivity contribution in [2.24, 2.45) is 38.8 Å². The summed E-state index contributed by atoms with van der Waals surface area (Å²) >= 11 is 1.85. The van der Waals surface area contributed by atoms with Crippen LogP contribution in [-0.4, -0.2) is 326 Å². The number of rotatable bonds is 69. The molecule has 27 N–H and O–H groups in total. The summed E-state index contributed by atoms with van der Waals surface area (Å²) in [6.07, 6.45) is 1.60. The zero-order valence-electron chi connectivity index (χ0n) is 78.9. The standard InChI is InChI=1S/C91H142B2N20O23S/c1-58(2)51-71(86(124)105-69(28-16-18-42-113(5)56-63-24-10-12-26-66(63)93(131)132)84(122)108-72(52-60-21-7-6-8-22-60)81(119)101-54-78(118)103-73(88(126)127)53-61-33-35-64(115)36-34-61)107-83(121)68(27-15-17-41-112(4)55-62-23-9-11-25-65(62)92(129)130)104-82(120)70(30-20-39-100-90(96)97)106-87(125)79(59(3)114)110-85(123)67(29-19-38-99-89(94)95)102-77(117)37-43-133-45-47-135-49-50-136-48-46-134-44-40-98-76(116)32-14-13-31-75-80-74(57-137-75)109-91(128)111-80/h6-12,21-26,33-36,58-59,67-75,79-80,114-115,129-132H,13-20,27-32,37-57H2,1-5H3,(H,98,116)(H,101,119)(H,102,117)(H,103,118)(H,104,120)(H,105,124)(H,106,125)(H,107,121)(H,108,122)(H,110,123)(H,126,127)(H4,94,95,99)(H4,96,97,100)(H2,109,111,128)/t59-,67+,68+,69+,70+,71+,72+,73+,74+,75+,79+,80+/m1/s1. The summed E-state index contributed by atoms with van der Waals surface area (Å²) < 4.78 is 22.4. The second-order valence-corrected chi connectivity index (χ2v) is 35.7. The number of phenols is 1. The lowest BCUT2D eigenvalue weighted by Crippen LogP contribution is -2.61. The predicted molar refractivity (Wildman–Crippen MR) is 517 cm³/mol. The molecule has 12 atom stereocenters. The minimum atomic E-state index is -1.81.